The minimum Gasteiger partial charge on any atom is -0.493 e. The first-order valence-electron chi connectivity index (χ1n) is 11.8. The van der Waals surface area contributed by atoms with Crippen LogP contribution >= 0.6 is 11.6 Å². The number of benzene rings is 3. The molecule has 0 amide bonds. The first kappa shape index (κ1) is 23.5. The van der Waals surface area contributed by atoms with Crippen molar-refractivity contribution >= 4 is 23.5 Å². The lowest BCUT2D eigenvalue weighted by Gasteiger charge is -2.34. The Morgan fingerprint density at radius 3 is 2.38 bits per heavy atom. The fraction of sp³-hybridized carbons (Fsp3) is 0.286. The lowest BCUT2D eigenvalue weighted by Crippen LogP contribution is -2.31. The molecule has 3 aromatic carbocycles. The van der Waals surface area contributed by atoms with Crippen molar-refractivity contribution in [1.82, 2.24) is 0 Å². The molecule has 0 aromatic heterocycles. The van der Waals surface area contributed by atoms with Crippen LogP contribution in [-0.2, 0) is 16.0 Å². The van der Waals surface area contributed by atoms with Crippen molar-refractivity contribution in [2.75, 3.05) is 27.6 Å². The van der Waals surface area contributed by atoms with E-state index in [4.69, 9.17) is 40.0 Å². The van der Waals surface area contributed by atoms with Gasteiger partial charge in [0.05, 0.1) is 37.3 Å². The fourth-order valence-electron chi connectivity index (χ4n) is 5.46. The molecule has 0 bridgehead atoms. The molecule has 37 heavy (non-hydrogen) atoms. The molecule has 2 aliphatic heterocycles. The molecule has 3 aromatic rings. The van der Waals surface area contributed by atoms with Crippen LogP contribution in [0.25, 0.3) is 0 Å². The minimum atomic E-state index is -0.648. The van der Waals surface area contributed by atoms with Crippen LogP contribution in [0, 0.1) is 11.8 Å². The van der Waals surface area contributed by atoms with Crippen molar-refractivity contribution in [3.05, 3.63) is 75.8 Å². The summed E-state index contributed by atoms with van der Waals surface area (Å²) in [6, 6.07) is 14.1. The number of ether oxygens (including phenoxy) is 6. The van der Waals surface area contributed by atoms with E-state index in [0.717, 1.165) is 16.7 Å². The minimum absolute atomic E-state index is 0.0140. The van der Waals surface area contributed by atoms with Gasteiger partial charge in [0.2, 0.25) is 12.5 Å². The van der Waals surface area contributed by atoms with E-state index in [1.54, 1.807) is 36.4 Å². The Labute approximate surface area is 217 Å². The van der Waals surface area contributed by atoms with Crippen molar-refractivity contribution in [3.8, 4) is 28.7 Å². The van der Waals surface area contributed by atoms with Gasteiger partial charge in [0.15, 0.2) is 23.0 Å². The number of halogens is 1. The van der Waals surface area contributed by atoms with Gasteiger partial charge in [0.1, 0.15) is 0 Å². The Morgan fingerprint density at radius 1 is 0.973 bits per heavy atom. The van der Waals surface area contributed by atoms with Crippen LogP contribution in [-0.4, -0.2) is 39.6 Å². The summed E-state index contributed by atoms with van der Waals surface area (Å²) < 4.78 is 33.7. The Kier molecular flexibility index (Phi) is 5.83. The summed E-state index contributed by atoms with van der Waals surface area (Å²) in [6.07, 6.45) is 0.695. The molecule has 2 heterocycles. The number of esters is 2. The Bertz CT molecular complexity index is 1390. The van der Waals surface area contributed by atoms with Gasteiger partial charge in [-0.1, -0.05) is 23.7 Å². The highest BCUT2D eigenvalue weighted by Gasteiger charge is 2.48. The highest BCUT2D eigenvalue weighted by atomic mass is 35.5. The van der Waals surface area contributed by atoms with Crippen LogP contribution in [0.4, 0.5) is 0 Å². The molecule has 3 atom stereocenters. The standard InChI is InChI=1S/C28H23ClO8/c1-32-22-9-15(10-23(33-2)26(22)37-27(30)17-5-3-4-6-19(17)29)24-18-11-21-20(35-13-36-21)8-14(18)7-16-12-34-28(31)25(16)24/h3-6,8-11,16,24-25H,7,12-13H2,1-2H3/t16-,24+,25-/m0/s1. The summed E-state index contributed by atoms with van der Waals surface area (Å²) in [6.45, 7) is 0.515. The number of rotatable bonds is 5. The largest absolute Gasteiger partial charge is 0.493 e. The number of cyclic esters (lactones) is 1. The zero-order valence-corrected chi connectivity index (χ0v) is 20.9. The van der Waals surface area contributed by atoms with Crippen LogP contribution in [0.15, 0.2) is 48.5 Å². The van der Waals surface area contributed by atoms with Crippen LogP contribution < -0.4 is 23.7 Å². The van der Waals surface area contributed by atoms with E-state index in [2.05, 4.69) is 0 Å². The van der Waals surface area contributed by atoms with Gasteiger partial charge >= 0.3 is 11.9 Å². The maximum atomic E-state index is 12.9. The molecule has 1 aliphatic carbocycles. The molecule has 190 valence electrons. The van der Waals surface area contributed by atoms with E-state index >= 15 is 0 Å². The normalized spacial score (nSPS) is 21.1. The molecule has 0 radical (unpaired) electrons. The number of hydrogen-bond acceptors (Lipinski definition) is 8. The highest BCUT2D eigenvalue weighted by Crippen LogP contribution is 2.52. The number of methoxy groups -OCH3 is 2. The zero-order chi connectivity index (χ0) is 25.7. The van der Waals surface area contributed by atoms with Crippen LogP contribution in [0.5, 0.6) is 28.7 Å². The van der Waals surface area contributed by atoms with E-state index in [0.29, 0.717) is 24.5 Å². The first-order valence-corrected chi connectivity index (χ1v) is 12.2. The topological polar surface area (TPSA) is 89.5 Å². The van der Waals surface area contributed by atoms with Gasteiger partial charge in [-0.2, -0.15) is 0 Å². The summed E-state index contributed by atoms with van der Waals surface area (Å²) in [7, 11) is 2.95. The van der Waals surface area contributed by atoms with E-state index in [1.165, 1.54) is 14.2 Å². The van der Waals surface area contributed by atoms with E-state index < -0.39 is 5.97 Å². The smallest absolute Gasteiger partial charge is 0.345 e. The fourth-order valence-corrected chi connectivity index (χ4v) is 5.67. The van der Waals surface area contributed by atoms with Gasteiger partial charge in [-0.3, -0.25) is 4.79 Å². The van der Waals surface area contributed by atoms with Gasteiger partial charge in [-0.05, 0) is 59.5 Å². The quantitative estimate of drug-likeness (QED) is 0.349. The van der Waals surface area contributed by atoms with Crippen molar-refractivity contribution in [3.63, 3.8) is 0 Å². The van der Waals surface area contributed by atoms with Crippen LogP contribution in [0.2, 0.25) is 5.02 Å². The van der Waals surface area contributed by atoms with Crippen molar-refractivity contribution < 1.29 is 38.0 Å². The lowest BCUT2D eigenvalue weighted by atomic mass is 9.67. The number of hydrogen-bond donors (Lipinski definition) is 0. The second-order valence-corrected chi connectivity index (χ2v) is 9.53. The van der Waals surface area contributed by atoms with Gasteiger partial charge in [-0.25, -0.2) is 4.79 Å². The summed E-state index contributed by atoms with van der Waals surface area (Å²) in [4.78, 5) is 25.8. The van der Waals surface area contributed by atoms with E-state index in [9.17, 15) is 9.59 Å². The molecule has 6 rings (SSSR count). The molecule has 1 fully saturated rings. The third-order valence-electron chi connectivity index (χ3n) is 7.16. The third kappa shape index (κ3) is 3.92. The van der Waals surface area contributed by atoms with Crippen molar-refractivity contribution in [2.45, 2.75) is 12.3 Å². The molecule has 8 nitrogen and oxygen atoms in total. The summed E-state index contributed by atoms with van der Waals surface area (Å²) >= 11 is 6.19. The average Bonchev–Trinajstić information content (AvgIpc) is 3.52. The molecular formula is C28H23ClO8. The molecular weight excluding hydrogens is 500 g/mol. The summed E-state index contributed by atoms with van der Waals surface area (Å²) in [5.74, 6) is 0.391. The third-order valence-corrected chi connectivity index (χ3v) is 7.49. The molecule has 0 spiro atoms. The highest BCUT2D eigenvalue weighted by molar-refractivity contribution is 6.33. The maximum Gasteiger partial charge on any atom is 0.345 e. The molecule has 3 aliphatic rings. The maximum absolute atomic E-state index is 12.9. The number of fused-ring (bicyclic) bond motifs is 3. The zero-order valence-electron chi connectivity index (χ0n) is 20.1. The SMILES string of the molecule is COc1cc([C@@H]2c3cc4c(cc3C[C@H]3COC(=O)[C@@H]32)OCO4)cc(OC)c1OC(=O)c1ccccc1Cl. The van der Waals surface area contributed by atoms with Gasteiger partial charge in [0.25, 0.3) is 0 Å². The molecule has 0 N–H and O–H groups in total. The number of carbonyl (C=O) groups is 2. The second-order valence-electron chi connectivity index (χ2n) is 9.13. The van der Waals surface area contributed by atoms with E-state index in [1.807, 2.05) is 12.1 Å². The van der Waals surface area contributed by atoms with Gasteiger partial charge < -0.3 is 28.4 Å². The predicted octanol–water partition coefficient (Wildman–Crippen LogP) is 4.78. The molecule has 9 heteroatoms. The van der Waals surface area contributed by atoms with Crippen molar-refractivity contribution in [1.29, 1.82) is 0 Å². The van der Waals surface area contributed by atoms with Crippen LogP contribution in [0.3, 0.4) is 0 Å². The first-order chi connectivity index (χ1) is 18.0. The monoisotopic (exact) mass is 522 g/mol. The number of carbonyl (C=O) groups excluding carboxylic acids is 2. The predicted molar refractivity (Wildman–Crippen MR) is 132 cm³/mol. The average molecular weight is 523 g/mol. The van der Waals surface area contributed by atoms with E-state index in [-0.39, 0.29) is 58.4 Å². The van der Waals surface area contributed by atoms with Crippen LogP contribution in [0.1, 0.15) is 33.0 Å². The Morgan fingerprint density at radius 2 is 1.68 bits per heavy atom. The van der Waals surface area contributed by atoms with Gasteiger partial charge in [-0.15, -0.1) is 0 Å². The summed E-state index contributed by atoms with van der Waals surface area (Å²) in [5, 5.41) is 0.269. The summed E-state index contributed by atoms with van der Waals surface area (Å²) in [5.41, 5.74) is 3.00. The Balaban J connectivity index is 1.45. The van der Waals surface area contributed by atoms with Crippen molar-refractivity contribution in [2.24, 2.45) is 11.8 Å². The lowest BCUT2D eigenvalue weighted by molar-refractivity contribution is -0.141. The second kappa shape index (κ2) is 9.19. The van der Waals surface area contributed by atoms with Gasteiger partial charge in [0, 0.05) is 11.8 Å². The molecule has 0 saturated carbocycles. The molecule has 0 unspecified atom stereocenters. The Hall–Kier alpha value is -3.91. The molecule has 1 saturated heterocycles.